The van der Waals surface area contributed by atoms with Crippen molar-refractivity contribution in [2.45, 2.75) is 6.42 Å². The molecule has 2 aromatic rings. The van der Waals surface area contributed by atoms with Crippen LogP contribution in [0.2, 0.25) is 5.02 Å². The number of hydrogen-bond acceptors (Lipinski definition) is 2. The maximum Gasteiger partial charge on any atom is 0.228 e. The van der Waals surface area contributed by atoms with E-state index in [2.05, 4.69) is 21.2 Å². The SMILES string of the molecule is Nc1cc(NC(=O)Cc2c(F)cccc2Cl)ccc1Br. The number of anilines is 2. The molecule has 104 valence electrons. The molecule has 1 amide bonds. The zero-order chi connectivity index (χ0) is 14.7. The molecular weight excluding hydrogens is 347 g/mol. The van der Waals surface area contributed by atoms with Gasteiger partial charge in [-0.15, -0.1) is 0 Å². The molecule has 0 aliphatic rings. The molecule has 2 rings (SSSR count). The number of nitrogens with two attached hydrogens (primary N) is 1. The van der Waals surface area contributed by atoms with Gasteiger partial charge in [-0.1, -0.05) is 17.7 Å². The van der Waals surface area contributed by atoms with Crippen LogP contribution < -0.4 is 11.1 Å². The van der Waals surface area contributed by atoms with Crippen LogP contribution in [0.5, 0.6) is 0 Å². The standard InChI is InChI=1S/C14H11BrClFN2O/c15-10-5-4-8(6-13(10)18)19-14(20)7-9-11(16)2-1-3-12(9)17/h1-6H,7,18H2,(H,19,20). The Labute approximate surface area is 129 Å². The fraction of sp³-hybridized carbons (Fsp3) is 0.0714. The minimum atomic E-state index is -0.497. The van der Waals surface area contributed by atoms with Crippen molar-refractivity contribution in [3.8, 4) is 0 Å². The summed E-state index contributed by atoms with van der Waals surface area (Å²) in [5.74, 6) is -0.860. The average molecular weight is 358 g/mol. The van der Waals surface area contributed by atoms with Gasteiger partial charge in [0, 0.05) is 26.4 Å². The lowest BCUT2D eigenvalue weighted by Gasteiger charge is -2.08. The van der Waals surface area contributed by atoms with E-state index < -0.39 is 5.82 Å². The van der Waals surface area contributed by atoms with Gasteiger partial charge in [-0.3, -0.25) is 4.79 Å². The second-order valence-corrected chi connectivity index (χ2v) is 5.42. The van der Waals surface area contributed by atoms with Gasteiger partial charge >= 0.3 is 0 Å². The molecular formula is C14H11BrClFN2O. The van der Waals surface area contributed by atoms with E-state index >= 15 is 0 Å². The van der Waals surface area contributed by atoms with E-state index in [9.17, 15) is 9.18 Å². The smallest absolute Gasteiger partial charge is 0.228 e. The van der Waals surface area contributed by atoms with E-state index in [1.807, 2.05) is 0 Å². The first-order valence-corrected chi connectivity index (χ1v) is 6.92. The van der Waals surface area contributed by atoms with Crippen molar-refractivity contribution in [2.75, 3.05) is 11.1 Å². The molecule has 6 heteroatoms. The number of amides is 1. The molecule has 0 saturated heterocycles. The van der Waals surface area contributed by atoms with E-state index in [-0.39, 0.29) is 22.9 Å². The van der Waals surface area contributed by atoms with Gasteiger partial charge in [0.2, 0.25) is 5.91 Å². The van der Waals surface area contributed by atoms with E-state index in [0.29, 0.717) is 11.4 Å². The predicted octanol–water partition coefficient (Wildman–Crippen LogP) is 4.01. The quantitative estimate of drug-likeness (QED) is 0.816. The lowest BCUT2D eigenvalue weighted by molar-refractivity contribution is -0.115. The summed E-state index contributed by atoms with van der Waals surface area (Å²) in [4.78, 5) is 11.9. The Balaban J connectivity index is 2.11. The largest absolute Gasteiger partial charge is 0.398 e. The van der Waals surface area contributed by atoms with Gasteiger partial charge in [0.1, 0.15) is 5.82 Å². The second kappa shape index (κ2) is 6.24. The van der Waals surface area contributed by atoms with Gasteiger partial charge in [-0.05, 0) is 46.3 Å². The number of halogens is 3. The molecule has 0 bridgehead atoms. The summed E-state index contributed by atoms with van der Waals surface area (Å²) in [5.41, 5.74) is 6.95. The van der Waals surface area contributed by atoms with E-state index in [4.69, 9.17) is 17.3 Å². The van der Waals surface area contributed by atoms with Crippen LogP contribution in [0.15, 0.2) is 40.9 Å². The molecule has 0 aliphatic carbocycles. The fourth-order valence-electron chi connectivity index (χ4n) is 1.69. The van der Waals surface area contributed by atoms with Crippen molar-refractivity contribution in [1.29, 1.82) is 0 Å². The molecule has 2 aromatic carbocycles. The highest BCUT2D eigenvalue weighted by molar-refractivity contribution is 9.10. The molecule has 0 unspecified atom stereocenters. The van der Waals surface area contributed by atoms with Crippen LogP contribution in [-0.2, 0) is 11.2 Å². The summed E-state index contributed by atoms with van der Waals surface area (Å²) in [6.07, 6.45) is -0.137. The molecule has 0 atom stereocenters. The normalized spacial score (nSPS) is 10.3. The minimum Gasteiger partial charge on any atom is -0.398 e. The average Bonchev–Trinajstić information content (AvgIpc) is 2.38. The number of nitrogens with one attached hydrogen (secondary N) is 1. The number of hydrogen-bond donors (Lipinski definition) is 2. The highest BCUT2D eigenvalue weighted by atomic mass is 79.9. The van der Waals surface area contributed by atoms with Crippen LogP contribution in [-0.4, -0.2) is 5.91 Å². The van der Waals surface area contributed by atoms with Crippen molar-refractivity contribution >= 4 is 44.8 Å². The Kier molecular flexibility index (Phi) is 4.62. The van der Waals surface area contributed by atoms with Crippen LogP contribution in [0.25, 0.3) is 0 Å². The molecule has 0 aliphatic heterocycles. The summed E-state index contributed by atoms with van der Waals surface area (Å²) in [7, 11) is 0. The van der Waals surface area contributed by atoms with Crippen LogP contribution in [0, 0.1) is 5.82 Å². The molecule has 3 nitrogen and oxygen atoms in total. The maximum atomic E-state index is 13.6. The van der Waals surface area contributed by atoms with Crippen molar-refractivity contribution in [3.05, 3.63) is 57.3 Å². The summed E-state index contributed by atoms with van der Waals surface area (Å²) in [6.45, 7) is 0. The third-order valence-corrected chi connectivity index (χ3v) is 3.76. The van der Waals surface area contributed by atoms with Crippen LogP contribution in [0.1, 0.15) is 5.56 Å². The highest BCUT2D eigenvalue weighted by Gasteiger charge is 2.12. The first kappa shape index (κ1) is 14.8. The van der Waals surface area contributed by atoms with Gasteiger partial charge in [-0.2, -0.15) is 0 Å². The molecule has 0 aromatic heterocycles. The Hall–Kier alpha value is -1.59. The summed E-state index contributed by atoms with van der Waals surface area (Å²) in [6, 6.07) is 9.35. The molecule has 0 spiro atoms. The lowest BCUT2D eigenvalue weighted by Crippen LogP contribution is -2.15. The molecule has 3 N–H and O–H groups in total. The second-order valence-electron chi connectivity index (χ2n) is 4.16. The number of carbonyl (C=O) groups is 1. The molecule has 20 heavy (non-hydrogen) atoms. The topological polar surface area (TPSA) is 55.1 Å². The van der Waals surface area contributed by atoms with Crippen molar-refractivity contribution in [1.82, 2.24) is 0 Å². The number of rotatable bonds is 3. The summed E-state index contributed by atoms with van der Waals surface area (Å²) >= 11 is 9.14. The summed E-state index contributed by atoms with van der Waals surface area (Å²) < 4.78 is 14.3. The number of carbonyl (C=O) groups excluding carboxylic acids is 1. The maximum absolute atomic E-state index is 13.6. The third-order valence-electron chi connectivity index (χ3n) is 2.68. The Morgan fingerprint density at radius 2 is 2.10 bits per heavy atom. The van der Waals surface area contributed by atoms with Crippen LogP contribution >= 0.6 is 27.5 Å². The predicted molar refractivity (Wildman–Crippen MR) is 82.3 cm³/mol. The van der Waals surface area contributed by atoms with Crippen molar-refractivity contribution < 1.29 is 9.18 Å². The van der Waals surface area contributed by atoms with E-state index in [0.717, 1.165) is 4.47 Å². The van der Waals surface area contributed by atoms with Gasteiger partial charge < -0.3 is 11.1 Å². The Morgan fingerprint density at radius 1 is 1.35 bits per heavy atom. The molecule has 0 fully saturated rings. The van der Waals surface area contributed by atoms with E-state index in [1.165, 1.54) is 12.1 Å². The zero-order valence-electron chi connectivity index (χ0n) is 10.3. The highest BCUT2D eigenvalue weighted by Crippen LogP contribution is 2.24. The monoisotopic (exact) mass is 356 g/mol. The van der Waals surface area contributed by atoms with Gasteiger partial charge in [0.15, 0.2) is 0 Å². The van der Waals surface area contributed by atoms with Gasteiger partial charge in [-0.25, -0.2) is 4.39 Å². The summed E-state index contributed by atoms with van der Waals surface area (Å²) in [5, 5.41) is 2.88. The van der Waals surface area contributed by atoms with Crippen molar-refractivity contribution in [3.63, 3.8) is 0 Å². The number of nitrogen functional groups attached to an aromatic ring is 1. The number of benzene rings is 2. The molecule has 0 radical (unpaired) electrons. The first-order valence-electron chi connectivity index (χ1n) is 5.75. The van der Waals surface area contributed by atoms with Crippen LogP contribution in [0.3, 0.4) is 0 Å². The molecule has 0 saturated carbocycles. The Morgan fingerprint density at radius 3 is 2.75 bits per heavy atom. The lowest BCUT2D eigenvalue weighted by atomic mass is 10.1. The minimum absolute atomic E-state index is 0.137. The zero-order valence-corrected chi connectivity index (χ0v) is 12.6. The van der Waals surface area contributed by atoms with E-state index in [1.54, 1.807) is 24.3 Å². The van der Waals surface area contributed by atoms with Gasteiger partial charge in [0.05, 0.1) is 6.42 Å². The van der Waals surface area contributed by atoms with Gasteiger partial charge in [0.25, 0.3) is 0 Å². The molecule has 0 heterocycles. The first-order chi connectivity index (χ1) is 9.47. The third kappa shape index (κ3) is 3.49. The van der Waals surface area contributed by atoms with Crippen LogP contribution in [0.4, 0.5) is 15.8 Å². The fourth-order valence-corrected chi connectivity index (χ4v) is 2.16. The Bertz CT molecular complexity index is 643. The van der Waals surface area contributed by atoms with Crippen molar-refractivity contribution in [2.24, 2.45) is 0 Å².